The van der Waals surface area contributed by atoms with Gasteiger partial charge in [0.05, 0.1) is 13.2 Å². The van der Waals surface area contributed by atoms with Crippen LogP contribution in [0.15, 0.2) is 0 Å². The summed E-state index contributed by atoms with van der Waals surface area (Å²) in [6.45, 7) is 7.81. The second-order valence-corrected chi connectivity index (χ2v) is 16.7. The Morgan fingerprint density at radius 1 is 0.383 bits per heavy atom. The molecule has 0 radical (unpaired) electrons. The Balaban J connectivity index is 5.36. The maximum atomic E-state index is 12.5. The number of nitrogens with one attached hydrogen (secondary N) is 2. The number of unbranched alkanes of at least 4 members (excludes halogenated alkanes) is 18. The minimum Gasteiger partial charge on any atom is -0.394 e. The van der Waals surface area contributed by atoms with E-state index in [0.29, 0.717) is 25.9 Å². The molecule has 16 heteroatoms. The molecular weight excluding hydrogens is 777 g/mol. The van der Waals surface area contributed by atoms with Gasteiger partial charge in [-0.2, -0.15) is 0 Å². The molecule has 0 bridgehead atoms. The summed E-state index contributed by atoms with van der Waals surface area (Å²) in [5, 5.41) is 103. The van der Waals surface area contributed by atoms with Crippen LogP contribution in [0.4, 0.5) is 0 Å². The van der Waals surface area contributed by atoms with Gasteiger partial charge in [-0.15, -0.1) is 0 Å². The average molecular weight is 867 g/mol. The molecule has 16 nitrogen and oxygen atoms in total. The molecule has 60 heavy (non-hydrogen) atoms. The standard InChI is InChI=1S/C44H90N4O12/c1-3-5-7-9-11-13-15-17-19-21-27-47(29-23-25-45-43(59)41(57)39(55)37(53)35(51)33-49)31-32-48(28-22-20-18-16-14-12-10-8-6-4-2)30-24-26-46-44(60)42(58)40(56)38(54)36(52)34-50/h35-42,49-58H,3-34H2,1-2H3,(H,45,59)(H,46,60). The largest absolute Gasteiger partial charge is 0.394 e. The van der Waals surface area contributed by atoms with Crippen LogP contribution in [0.1, 0.15) is 155 Å². The smallest absolute Gasteiger partial charge is 0.251 e. The van der Waals surface area contributed by atoms with E-state index >= 15 is 0 Å². The van der Waals surface area contributed by atoms with Crippen LogP contribution in [0.25, 0.3) is 0 Å². The van der Waals surface area contributed by atoms with E-state index in [1.54, 1.807) is 0 Å². The van der Waals surface area contributed by atoms with Gasteiger partial charge in [-0.05, 0) is 51.9 Å². The number of amides is 2. The lowest BCUT2D eigenvalue weighted by atomic mass is 10.0. The van der Waals surface area contributed by atoms with Crippen LogP contribution in [0.5, 0.6) is 0 Å². The van der Waals surface area contributed by atoms with Gasteiger partial charge in [0.2, 0.25) is 0 Å². The molecule has 0 saturated heterocycles. The van der Waals surface area contributed by atoms with E-state index < -0.39 is 73.9 Å². The van der Waals surface area contributed by atoms with Crippen LogP contribution in [-0.4, -0.2) is 187 Å². The van der Waals surface area contributed by atoms with Crippen molar-refractivity contribution in [2.24, 2.45) is 0 Å². The number of aliphatic hydroxyl groups is 10. The summed E-state index contributed by atoms with van der Waals surface area (Å²) in [5.41, 5.74) is 0. The van der Waals surface area contributed by atoms with Gasteiger partial charge in [-0.1, -0.05) is 129 Å². The Morgan fingerprint density at radius 2 is 0.650 bits per heavy atom. The highest BCUT2D eigenvalue weighted by molar-refractivity contribution is 5.81. The lowest BCUT2D eigenvalue weighted by molar-refractivity contribution is -0.149. The Labute approximate surface area is 361 Å². The first-order chi connectivity index (χ1) is 28.9. The van der Waals surface area contributed by atoms with Crippen LogP contribution < -0.4 is 10.6 Å². The topological polar surface area (TPSA) is 267 Å². The van der Waals surface area contributed by atoms with Crippen LogP contribution >= 0.6 is 0 Å². The molecule has 0 heterocycles. The van der Waals surface area contributed by atoms with Crippen molar-refractivity contribution in [1.82, 2.24) is 20.4 Å². The third kappa shape index (κ3) is 28.9. The first-order valence-electron chi connectivity index (χ1n) is 23.5. The minimum absolute atomic E-state index is 0.217. The molecule has 0 aliphatic carbocycles. The number of nitrogens with zero attached hydrogens (tertiary/aromatic N) is 2. The molecule has 8 unspecified atom stereocenters. The number of hydrogen-bond acceptors (Lipinski definition) is 14. The molecule has 12 N–H and O–H groups in total. The SMILES string of the molecule is CCCCCCCCCCCCN(CCCNC(=O)C(O)C(O)C(O)C(O)CO)CCN(CCCCCCCCCCCC)CCCNC(=O)C(O)C(O)C(O)C(O)CO. The second-order valence-electron chi connectivity index (χ2n) is 16.7. The fourth-order valence-corrected chi connectivity index (χ4v) is 7.19. The summed E-state index contributed by atoms with van der Waals surface area (Å²) < 4.78 is 0. The van der Waals surface area contributed by atoms with E-state index in [1.165, 1.54) is 103 Å². The van der Waals surface area contributed by atoms with Crippen molar-refractivity contribution in [3.63, 3.8) is 0 Å². The monoisotopic (exact) mass is 867 g/mol. The van der Waals surface area contributed by atoms with Gasteiger partial charge < -0.3 is 71.5 Å². The Hall–Kier alpha value is -1.54. The summed E-state index contributed by atoms with van der Waals surface area (Å²) in [6.07, 6.45) is 10.5. The van der Waals surface area contributed by atoms with Crippen molar-refractivity contribution in [1.29, 1.82) is 0 Å². The predicted octanol–water partition coefficient (Wildman–Crippen LogP) is 1.32. The van der Waals surface area contributed by atoms with Crippen LogP contribution in [0.2, 0.25) is 0 Å². The number of carbonyl (C=O) groups is 2. The van der Waals surface area contributed by atoms with E-state index in [1.807, 2.05) is 0 Å². The number of carbonyl (C=O) groups excluding carboxylic acids is 2. The predicted molar refractivity (Wildman–Crippen MR) is 234 cm³/mol. The highest BCUT2D eigenvalue weighted by Crippen LogP contribution is 2.13. The molecule has 8 atom stereocenters. The second kappa shape index (κ2) is 39.1. The Kier molecular flexibility index (Phi) is 38.1. The Morgan fingerprint density at radius 3 is 0.933 bits per heavy atom. The van der Waals surface area contributed by atoms with Crippen molar-refractivity contribution in [2.45, 2.75) is 204 Å². The first-order valence-corrected chi connectivity index (χ1v) is 23.5. The fourth-order valence-electron chi connectivity index (χ4n) is 7.19. The summed E-state index contributed by atoms with van der Waals surface area (Å²) >= 11 is 0. The zero-order chi connectivity index (χ0) is 45.0. The maximum Gasteiger partial charge on any atom is 0.251 e. The van der Waals surface area contributed by atoms with E-state index in [4.69, 9.17) is 10.2 Å². The van der Waals surface area contributed by atoms with Crippen molar-refractivity contribution in [3.05, 3.63) is 0 Å². The molecule has 2 amide bonds. The van der Waals surface area contributed by atoms with Crippen molar-refractivity contribution < 1.29 is 60.7 Å². The molecular formula is C44H90N4O12. The van der Waals surface area contributed by atoms with Crippen LogP contribution in [0, 0.1) is 0 Å². The molecule has 0 aromatic carbocycles. The average Bonchev–Trinajstić information content (AvgIpc) is 3.26. The molecule has 0 spiro atoms. The fraction of sp³-hybridized carbons (Fsp3) is 0.955. The van der Waals surface area contributed by atoms with Crippen molar-refractivity contribution in [2.75, 3.05) is 65.6 Å². The highest BCUT2D eigenvalue weighted by Gasteiger charge is 2.35. The minimum atomic E-state index is -1.98. The lowest BCUT2D eigenvalue weighted by Crippen LogP contribution is -2.51. The van der Waals surface area contributed by atoms with E-state index in [0.717, 1.165) is 51.9 Å². The highest BCUT2D eigenvalue weighted by atomic mass is 16.4. The first kappa shape index (κ1) is 58.5. The van der Waals surface area contributed by atoms with Crippen LogP contribution in [-0.2, 0) is 9.59 Å². The van der Waals surface area contributed by atoms with Gasteiger partial charge in [0, 0.05) is 26.2 Å². The molecule has 0 saturated carbocycles. The van der Waals surface area contributed by atoms with E-state index in [2.05, 4.69) is 34.3 Å². The van der Waals surface area contributed by atoms with Gasteiger partial charge in [-0.25, -0.2) is 0 Å². The molecule has 0 rings (SSSR count). The third-order valence-corrected chi connectivity index (χ3v) is 11.3. The molecule has 0 aromatic heterocycles. The zero-order valence-corrected chi connectivity index (χ0v) is 37.4. The van der Waals surface area contributed by atoms with Gasteiger partial charge in [-0.3, -0.25) is 9.59 Å². The van der Waals surface area contributed by atoms with E-state index in [9.17, 15) is 50.4 Å². The molecule has 358 valence electrons. The lowest BCUT2D eigenvalue weighted by Gasteiger charge is -2.28. The molecule has 0 aliphatic heterocycles. The molecule has 0 aliphatic rings. The van der Waals surface area contributed by atoms with E-state index in [-0.39, 0.29) is 13.1 Å². The molecule has 0 aromatic rings. The number of aliphatic hydroxyl groups excluding tert-OH is 10. The zero-order valence-electron chi connectivity index (χ0n) is 37.4. The summed E-state index contributed by atoms with van der Waals surface area (Å²) in [6, 6.07) is 0. The van der Waals surface area contributed by atoms with Gasteiger partial charge in [0.1, 0.15) is 36.6 Å². The van der Waals surface area contributed by atoms with Gasteiger partial charge in [0.25, 0.3) is 11.8 Å². The number of hydrogen-bond donors (Lipinski definition) is 12. The summed E-state index contributed by atoms with van der Waals surface area (Å²) in [4.78, 5) is 29.7. The normalized spacial score (nSPS) is 16.0. The van der Waals surface area contributed by atoms with Crippen LogP contribution in [0.3, 0.4) is 0 Å². The van der Waals surface area contributed by atoms with Crippen molar-refractivity contribution >= 4 is 11.8 Å². The number of rotatable bonds is 43. The third-order valence-electron chi connectivity index (χ3n) is 11.3. The van der Waals surface area contributed by atoms with Gasteiger partial charge in [0.15, 0.2) is 12.2 Å². The summed E-state index contributed by atoms with van der Waals surface area (Å²) in [7, 11) is 0. The molecule has 0 fully saturated rings. The van der Waals surface area contributed by atoms with Crippen molar-refractivity contribution in [3.8, 4) is 0 Å². The Bertz CT molecular complexity index is 929. The van der Waals surface area contributed by atoms with Gasteiger partial charge >= 0.3 is 0 Å². The summed E-state index contributed by atoms with van der Waals surface area (Å²) in [5.74, 6) is -1.77. The maximum absolute atomic E-state index is 12.5. The quantitative estimate of drug-likeness (QED) is 0.0386.